The topological polar surface area (TPSA) is 9.23 Å². The Morgan fingerprint density at radius 1 is 0.588 bits per heavy atom. The summed E-state index contributed by atoms with van der Waals surface area (Å²) in [5.41, 5.74) is 12.8. The normalized spacial score (nSPS) is 13.8. The zero-order valence-electron chi connectivity index (χ0n) is 28.0. The molecule has 1 heterocycles. The van der Waals surface area contributed by atoms with Crippen molar-refractivity contribution in [2.24, 2.45) is 0 Å². The monoisotopic (exact) mass is 648 g/mol. The lowest BCUT2D eigenvalue weighted by Gasteiger charge is -2.21. The summed E-state index contributed by atoms with van der Waals surface area (Å²) in [6.07, 6.45) is 14.6. The second-order valence-electron chi connectivity index (χ2n) is 13.5. The van der Waals surface area contributed by atoms with Gasteiger partial charge in [0.25, 0.3) is 0 Å². The second kappa shape index (κ2) is 11.8. The van der Waals surface area contributed by atoms with Crippen LogP contribution in [0.2, 0.25) is 0 Å². The maximum atomic E-state index is 6.43. The lowest BCUT2D eigenvalue weighted by atomic mass is 9.81. The summed E-state index contributed by atoms with van der Waals surface area (Å²) in [4.78, 5) is 0. The standard InChI is InChI=1S/C50H32O/c1-2-38-39-23-12-18-35(39)30-47(46(38)31-37-29-36-16-6-11-25-48(36)51-37)50-44-21-9-7-19-42(44)49(43-20-8-10-22-45(43)50)41-24-13-17-34-28-33(26-27-40(34)41)32-14-4-3-5-15-32/h1,3-22,24-28,30-31H,23,29H2/b37-31+. The molecule has 8 aromatic rings. The molecule has 0 bridgehead atoms. The lowest BCUT2D eigenvalue weighted by molar-refractivity contribution is 0.451. The van der Waals surface area contributed by atoms with E-state index in [1.807, 2.05) is 12.1 Å². The number of allylic oxidation sites excluding steroid dienone is 2. The molecule has 0 aromatic heterocycles. The molecule has 10 rings (SSSR count). The van der Waals surface area contributed by atoms with Crippen molar-refractivity contribution in [3.63, 3.8) is 0 Å². The number of rotatable bonds is 4. The quantitative estimate of drug-likeness (QED) is 0.136. The number of hydrogen-bond acceptors (Lipinski definition) is 1. The fourth-order valence-electron chi connectivity index (χ4n) is 8.33. The molecule has 8 aromatic carbocycles. The van der Waals surface area contributed by atoms with Crippen LogP contribution in [0.3, 0.4) is 0 Å². The molecule has 0 saturated heterocycles. The van der Waals surface area contributed by atoms with Crippen molar-refractivity contribution >= 4 is 44.5 Å². The van der Waals surface area contributed by atoms with Crippen LogP contribution in [0.15, 0.2) is 157 Å². The third-order valence-electron chi connectivity index (χ3n) is 10.6. The predicted octanol–water partition coefficient (Wildman–Crippen LogP) is 12.7. The van der Waals surface area contributed by atoms with Gasteiger partial charge in [0.15, 0.2) is 0 Å². The fraction of sp³-hybridized carbons (Fsp3) is 0.0400. The van der Waals surface area contributed by atoms with Gasteiger partial charge in [-0.3, -0.25) is 0 Å². The molecular formula is C50H32O. The molecule has 0 amide bonds. The number of hydrogen-bond donors (Lipinski definition) is 0. The van der Waals surface area contributed by atoms with Crippen LogP contribution in [0.4, 0.5) is 0 Å². The Labute approximate surface area is 297 Å². The van der Waals surface area contributed by atoms with Crippen molar-refractivity contribution in [2.45, 2.75) is 12.8 Å². The van der Waals surface area contributed by atoms with E-state index in [1.165, 1.54) is 76.8 Å². The van der Waals surface area contributed by atoms with E-state index in [0.29, 0.717) is 0 Å². The zero-order valence-corrected chi connectivity index (χ0v) is 28.0. The number of ether oxygens (including phenoxy) is 1. The minimum Gasteiger partial charge on any atom is -0.461 e. The van der Waals surface area contributed by atoms with E-state index in [9.17, 15) is 0 Å². The van der Waals surface area contributed by atoms with E-state index >= 15 is 0 Å². The Hall–Kier alpha value is -6.62. The van der Waals surface area contributed by atoms with Gasteiger partial charge in [0, 0.05) is 23.1 Å². The van der Waals surface area contributed by atoms with Gasteiger partial charge in [-0.2, -0.15) is 0 Å². The van der Waals surface area contributed by atoms with Gasteiger partial charge in [-0.1, -0.05) is 145 Å². The van der Waals surface area contributed by atoms with Gasteiger partial charge in [0.2, 0.25) is 0 Å². The van der Waals surface area contributed by atoms with Crippen LogP contribution in [0.5, 0.6) is 5.75 Å². The molecule has 0 unspecified atom stereocenters. The molecule has 238 valence electrons. The summed E-state index contributed by atoms with van der Waals surface area (Å²) in [5.74, 6) is 4.96. The summed E-state index contributed by atoms with van der Waals surface area (Å²) >= 11 is 0. The van der Waals surface area contributed by atoms with Gasteiger partial charge >= 0.3 is 0 Å². The van der Waals surface area contributed by atoms with E-state index in [2.05, 4.69) is 158 Å². The van der Waals surface area contributed by atoms with Crippen molar-refractivity contribution in [3.8, 4) is 51.5 Å². The first-order valence-corrected chi connectivity index (χ1v) is 17.6. The molecule has 51 heavy (non-hydrogen) atoms. The molecule has 1 nitrogen and oxygen atoms in total. The zero-order chi connectivity index (χ0) is 33.9. The van der Waals surface area contributed by atoms with Gasteiger partial charge in [-0.15, -0.1) is 6.42 Å². The van der Waals surface area contributed by atoms with Gasteiger partial charge < -0.3 is 4.74 Å². The van der Waals surface area contributed by atoms with E-state index in [0.717, 1.165) is 41.0 Å². The highest BCUT2D eigenvalue weighted by molar-refractivity contribution is 6.24. The molecule has 0 saturated carbocycles. The van der Waals surface area contributed by atoms with Gasteiger partial charge in [-0.25, -0.2) is 0 Å². The summed E-state index contributed by atoms with van der Waals surface area (Å²) in [7, 11) is 0. The highest BCUT2D eigenvalue weighted by Crippen LogP contribution is 2.48. The Bertz CT molecular complexity index is 2740. The fourth-order valence-corrected chi connectivity index (χ4v) is 8.33. The Kier molecular flexibility index (Phi) is 6.76. The van der Waals surface area contributed by atoms with E-state index in [-0.39, 0.29) is 0 Å². The van der Waals surface area contributed by atoms with Crippen LogP contribution in [-0.4, -0.2) is 0 Å². The first-order valence-electron chi connectivity index (χ1n) is 17.6. The summed E-state index contributed by atoms with van der Waals surface area (Å²) in [5, 5.41) is 7.29. The van der Waals surface area contributed by atoms with Crippen molar-refractivity contribution in [1.82, 2.24) is 0 Å². The number of para-hydroxylation sites is 1. The summed E-state index contributed by atoms with van der Waals surface area (Å²) in [6.45, 7) is 0. The Balaban J connectivity index is 1.26. The third kappa shape index (κ3) is 4.73. The molecule has 0 N–H and O–H groups in total. The maximum absolute atomic E-state index is 6.43. The SMILES string of the molecule is C#Cc1c(/C=C2\Cc3ccccc3O2)c(-c2c3ccccc3c(-c3cccc4cc(-c5ccccc5)ccc34)c3ccccc23)cc2c1CC=C2. The van der Waals surface area contributed by atoms with Gasteiger partial charge in [0.05, 0.1) is 0 Å². The highest BCUT2D eigenvalue weighted by atomic mass is 16.5. The van der Waals surface area contributed by atoms with Gasteiger partial charge in [-0.05, 0) is 108 Å². The number of terminal acetylenes is 1. The smallest absolute Gasteiger partial charge is 0.130 e. The molecule has 1 aliphatic heterocycles. The van der Waals surface area contributed by atoms with Crippen molar-refractivity contribution in [3.05, 3.63) is 185 Å². The van der Waals surface area contributed by atoms with Crippen LogP contribution in [-0.2, 0) is 12.8 Å². The van der Waals surface area contributed by atoms with Crippen LogP contribution in [0.1, 0.15) is 27.8 Å². The predicted molar refractivity (Wildman–Crippen MR) is 215 cm³/mol. The number of fused-ring (bicyclic) bond motifs is 5. The average molecular weight is 649 g/mol. The molecule has 0 fully saturated rings. The third-order valence-corrected chi connectivity index (χ3v) is 10.6. The van der Waals surface area contributed by atoms with E-state index < -0.39 is 0 Å². The summed E-state index contributed by atoms with van der Waals surface area (Å²) in [6, 6.07) is 52.5. The molecule has 0 atom stereocenters. The molecule has 2 aliphatic rings. The van der Waals surface area contributed by atoms with Crippen LogP contribution in [0.25, 0.3) is 77.9 Å². The Morgan fingerprint density at radius 3 is 2.00 bits per heavy atom. The first kappa shape index (κ1) is 29.3. The minimum atomic E-state index is 0.739. The van der Waals surface area contributed by atoms with Crippen LogP contribution >= 0.6 is 0 Å². The van der Waals surface area contributed by atoms with E-state index in [4.69, 9.17) is 11.2 Å². The second-order valence-corrected chi connectivity index (χ2v) is 13.5. The van der Waals surface area contributed by atoms with Crippen molar-refractivity contribution < 1.29 is 4.74 Å². The molecular weight excluding hydrogens is 617 g/mol. The van der Waals surface area contributed by atoms with Gasteiger partial charge in [0.1, 0.15) is 11.5 Å². The van der Waals surface area contributed by atoms with Crippen molar-refractivity contribution in [1.29, 1.82) is 0 Å². The van der Waals surface area contributed by atoms with Crippen molar-refractivity contribution in [2.75, 3.05) is 0 Å². The Morgan fingerprint density at radius 2 is 1.27 bits per heavy atom. The minimum absolute atomic E-state index is 0.739. The molecule has 0 radical (unpaired) electrons. The number of benzene rings is 8. The van der Waals surface area contributed by atoms with E-state index in [1.54, 1.807) is 0 Å². The van der Waals surface area contributed by atoms with Crippen LogP contribution in [0, 0.1) is 12.3 Å². The lowest BCUT2D eigenvalue weighted by Crippen LogP contribution is -2.00. The average Bonchev–Trinajstić information content (AvgIpc) is 3.83. The molecule has 1 heteroatoms. The summed E-state index contributed by atoms with van der Waals surface area (Å²) < 4.78 is 6.43. The molecule has 1 aliphatic carbocycles. The molecule has 0 spiro atoms. The first-order chi connectivity index (χ1) is 25.2. The largest absolute Gasteiger partial charge is 0.461 e. The highest BCUT2D eigenvalue weighted by Gasteiger charge is 2.25. The maximum Gasteiger partial charge on any atom is 0.130 e. The van der Waals surface area contributed by atoms with Crippen LogP contribution < -0.4 is 4.74 Å².